The Hall–Kier alpha value is -1.84. The van der Waals surface area contributed by atoms with E-state index in [-0.39, 0.29) is 5.91 Å². The molecule has 2 amide bonds. The van der Waals surface area contributed by atoms with Gasteiger partial charge in [0.25, 0.3) is 0 Å². The fourth-order valence-electron chi connectivity index (χ4n) is 2.71. The Balaban J connectivity index is 1.83. The maximum Gasteiger partial charge on any atom is 0.248 e. The summed E-state index contributed by atoms with van der Waals surface area (Å²) < 4.78 is 0. The smallest absolute Gasteiger partial charge is 0.248 e. The van der Waals surface area contributed by atoms with Crippen LogP contribution in [0.2, 0.25) is 0 Å². The minimum atomic E-state index is -0.400. The topological polar surface area (TPSA) is 63.4 Å². The first kappa shape index (κ1) is 14.6. The van der Waals surface area contributed by atoms with E-state index < -0.39 is 5.91 Å². The van der Waals surface area contributed by atoms with Crippen molar-refractivity contribution in [1.29, 1.82) is 0 Å². The molecule has 0 aromatic heterocycles. The Kier molecular flexibility index (Phi) is 5.16. The van der Waals surface area contributed by atoms with Crippen molar-refractivity contribution in [3.63, 3.8) is 0 Å². The summed E-state index contributed by atoms with van der Waals surface area (Å²) >= 11 is 0. The van der Waals surface area contributed by atoms with Gasteiger partial charge in [0, 0.05) is 25.1 Å². The Morgan fingerprint density at radius 3 is 2.50 bits per heavy atom. The number of primary amides is 1. The first-order valence-corrected chi connectivity index (χ1v) is 7.34. The van der Waals surface area contributed by atoms with Crippen LogP contribution in [0, 0.1) is 0 Å². The molecule has 4 nitrogen and oxygen atoms in total. The number of nitrogens with two attached hydrogens (primary N) is 1. The molecule has 108 valence electrons. The van der Waals surface area contributed by atoms with Gasteiger partial charge in [-0.2, -0.15) is 0 Å². The second-order valence-corrected chi connectivity index (χ2v) is 5.32. The van der Waals surface area contributed by atoms with Crippen LogP contribution in [0.5, 0.6) is 0 Å². The zero-order valence-electron chi connectivity index (χ0n) is 11.8. The fourth-order valence-corrected chi connectivity index (χ4v) is 2.71. The molecule has 2 N–H and O–H groups in total. The lowest BCUT2D eigenvalue weighted by molar-refractivity contribution is -0.132. The van der Waals surface area contributed by atoms with Gasteiger partial charge in [0.1, 0.15) is 0 Å². The number of rotatable bonds is 5. The first-order chi connectivity index (χ1) is 9.68. The third kappa shape index (κ3) is 3.83. The lowest BCUT2D eigenvalue weighted by Crippen LogP contribution is -2.35. The van der Waals surface area contributed by atoms with E-state index in [1.165, 1.54) is 6.42 Å². The van der Waals surface area contributed by atoms with E-state index >= 15 is 0 Å². The van der Waals surface area contributed by atoms with Crippen molar-refractivity contribution in [3.8, 4) is 0 Å². The lowest BCUT2D eigenvalue weighted by atomic mass is 10.0. The number of aryl methyl sites for hydroxylation is 1. The highest BCUT2D eigenvalue weighted by Gasteiger charge is 2.16. The largest absolute Gasteiger partial charge is 0.366 e. The van der Waals surface area contributed by atoms with Crippen molar-refractivity contribution in [3.05, 3.63) is 35.4 Å². The molecule has 2 rings (SSSR count). The number of hydrogen-bond acceptors (Lipinski definition) is 2. The second kappa shape index (κ2) is 7.08. The highest BCUT2D eigenvalue weighted by atomic mass is 16.2. The van der Waals surface area contributed by atoms with Crippen molar-refractivity contribution in [2.24, 2.45) is 5.73 Å². The van der Waals surface area contributed by atoms with Crippen molar-refractivity contribution in [2.75, 3.05) is 13.1 Å². The molecule has 0 unspecified atom stereocenters. The number of amides is 2. The van der Waals surface area contributed by atoms with E-state index in [9.17, 15) is 9.59 Å². The molecule has 1 aliphatic rings. The van der Waals surface area contributed by atoms with Crippen LogP contribution in [0.1, 0.15) is 48.0 Å². The van der Waals surface area contributed by atoms with Gasteiger partial charge < -0.3 is 10.6 Å². The molecular weight excluding hydrogens is 252 g/mol. The minimum absolute atomic E-state index is 0.237. The van der Waals surface area contributed by atoms with Gasteiger partial charge in [0.2, 0.25) is 11.8 Å². The molecule has 0 aliphatic carbocycles. The Bertz CT molecular complexity index is 479. The van der Waals surface area contributed by atoms with Crippen molar-refractivity contribution < 1.29 is 9.59 Å². The van der Waals surface area contributed by atoms with Crippen LogP contribution in [-0.4, -0.2) is 29.8 Å². The van der Waals surface area contributed by atoms with Gasteiger partial charge in [-0.3, -0.25) is 9.59 Å². The van der Waals surface area contributed by atoms with Gasteiger partial charge in [0.05, 0.1) is 0 Å². The van der Waals surface area contributed by atoms with Crippen LogP contribution in [-0.2, 0) is 11.2 Å². The van der Waals surface area contributed by atoms with Gasteiger partial charge in [-0.05, 0) is 43.7 Å². The molecule has 1 aromatic carbocycles. The summed E-state index contributed by atoms with van der Waals surface area (Å²) in [5.74, 6) is -0.163. The molecule has 4 heteroatoms. The number of carbonyl (C=O) groups excluding carboxylic acids is 2. The normalized spacial score (nSPS) is 15.1. The third-order valence-electron chi connectivity index (χ3n) is 3.83. The summed E-state index contributed by atoms with van der Waals surface area (Å²) in [5, 5.41) is 0. The zero-order valence-corrected chi connectivity index (χ0v) is 11.8. The van der Waals surface area contributed by atoms with Crippen LogP contribution in [0.15, 0.2) is 24.3 Å². The van der Waals surface area contributed by atoms with E-state index in [4.69, 9.17) is 5.73 Å². The number of nitrogens with zero attached hydrogens (tertiary/aromatic N) is 1. The molecule has 0 atom stereocenters. The average molecular weight is 274 g/mol. The van der Waals surface area contributed by atoms with Gasteiger partial charge in [0.15, 0.2) is 0 Å². The highest BCUT2D eigenvalue weighted by molar-refractivity contribution is 5.94. The third-order valence-corrected chi connectivity index (χ3v) is 3.83. The maximum absolute atomic E-state index is 12.0. The first-order valence-electron chi connectivity index (χ1n) is 7.34. The van der Waals surface area contributed by atoms with Gasteiger partial charge in [-0.15, -0.1) is 0 Å². The summed E-state index contributed by atoms with van der Waals surface area (Å²) in [6.45, 7) is 1.80. The maximum atomic E-state index is 12.0. The lowest BCUT2D eigenvalue weighted by Gasteiger charge is -2.26. The molecule has 0 saturated carbocycles. The summed E-state index contributed by atoms with van der Waals surface area (Å²) in [7, 11) is 0. The zero-order chi connectivity index (χ0) is 14.4. The highest BCUT2D eigenvalue weighted by Crippen LogP contribution is 2.14. The van der Waals surface area contributed by atoms with Gasteiger partial charge in [-0.1, -0.05) is 18.2 Å². The van der Waals surface area contributed by atoms with Gasteiger partial charge >= 0.3 is 0 Å². The Morgan fingerprint density at radius 2 is 1.80 bits per heavy atom. The summed E-state index contributed by atoms with van der Waals surface area (Å²) in [6, 6.07) is 7.35. The molecule has 1 saturated heterocycles. The van der Waals surface area contributed by atoms with Crippen LogP contribution >= 0.6 is 0 Å². The van der Waals surface area contributed by atoms with E-state index in [1.54, 1.807) is 6.07 Å². The van der Waals surface area contributed by atoms with E-state index in [1.807, 2.05) is 23.1 Å². The number of benzene rings is 1. The quantitative estimate of drug-likeness (QED) is 0.894. The van der Waals surface area contributed by atoms with Crippen LogP contribution in [0.3, 0.4) is 0 Å². The monoisotopic (exact) mass is 274 g/mol. The molecule has 0 radical (unpaired) electrons. The molecular formula is C16H22N2O2. The molecule has 1 aliphatic heterocycles. The predicted octanol–water partition coefficient (Wildman–Crippen LogP) is 2.12. The van der Waals surface area contributed by atoms with Crippen LogP contribution in [0.4, 0.5) is 0 Å². The molecule has 1 heterocycles. The molecule has 1 fully saturated rings. The fraction of sp³-hybridized carbons (Fsp3) is 0.500. The summed E-state index contributed by atoms with van der Waals surface area (Å²) in [5.41, 5.74) is 6.85. The van der Waals surface area contributed by atoms with Gasteiger partial charge in [-0.25, -0.2) is 0 Å². The number of piperidine rings is 1. The van der Waals surface area contributed by atoms with Crippen molar-refractivity contribution >= 4 is 11.8 Å². The average Bonchev–Trinajstić information content (AvgIpc) is 2.48. The van der Waals surface area contributed by atoms with Crippen molar-refractivity contribution in [2.45, 2.75) is 38.5 Å². The molecule has 0 spiro atoms. The molecule has 1 aromatic rings. The minimum Gasteiger partial charge on any atom is -0.366 e. The van der Waals surface area contributed by atoms with Crippen molar-refractivity contribution in [1.82, 2.24) is 4.90 Å². The van der Waals surface area contributed by atoms with E-state index in [0.717, 1.165) is 44.3 Å². The standard InChI is InChI=1S/C16H22N2O2/c17-16(20)14-9-3-2-7-13(14)8-6-10-15(19)18-11-4-1-5-12-18/h2-3,7,9H,1,4-6,8,10-12H2,(H2,17,20). The number of carbonyl (C=O) groups is 2. The van der Waals surface area contributed by atoms with Crippen LogP contribution in [0.25, 0.3) is 0 Å². The summed E-state index contributed by atoms with van der Waals surface area (Å²) in [4.78, 5) is 25.3. The predicted molar refractivity (Wildman–Crippen MR) is 78.3 cm³/mol. The SMILES string of the molecule is NC(=O)c1ccccc1CCCC(=O)N1CCCCC1. The Labute approximate surface area is 119 Å². The second-order valence-electron chi connectivity index (χ2n) is 5.32. The molecule has 20 heavy (non-hydrogen) atoms. The Morgan fingerprint density at radius 1 is 1.10 bits per heavy atom. The molecule has 0 bridgehead atoms. The number of hydrogen-bond donors (Lipinski definition) is 1. The van der Waals surface area contributed by atoms with E-state index in [0.29, 0.717) is 12.0 Å². The summed E-state index contributed by atoms with van der Waals surface area (Å²) in [6.07, 6.45) is 5.51. The van der Waals surface area contributed by atoms with E-state index in [2.05, 4.69) is 0 Å². The number of likely N-dealkylation sites (tertiary alicyclic amines) is 1. The van der Waals surface area contributed by atoms with Crippen LogP contribution < -0.4 is 5.73 Å².